The highest BCUT2D eigenvalue weighted by molar-refractivity contribution is 5.98. The lowest BCUT2D eigenvalue weighted by Gasteiger charge is -2.07. The van der Waals surface area contributed by atoms with Crippen LogP contribution < -0.4 is 0 Å². The van der Waals surface area contributed by atoms with Crippen LogP contribution in [-0.4, -0.2) is 29.9 Å². The molecule has 1 aromatic heterocycles. The topological polar surface area (TPSA) is 36.1 Å². The van der Waals surface area contributed by atoms with Gasteiger partial charge >= 0.3 is 0 Å². The normalized spacial score (nSPS) is 11.2. The molecule has 18 heavy (non-hydrogen) atoms. The van der Waals surface area contributed by atoms with Crippen molar-refractivity contribution in [3.05, 3.63) is 35.3 Å². The van der Waals surface area contributed by atoms with Crippen LogP contribution in [0.1, 0.15) is 35.8 Å². The van der Waals surface area contributed by atoms with Crippen molar-refractivity contribution in [3.63, 3.8) is 0 Å². The molecule has 1 amide bonds. The number of halogens is 1. The van der Waals surface area contributed by atoms with Crippen LogP contribution in [-0.2, 0) is 0 Å². The first-order valence-corrected chi connectivity index (χ1v) is 5.94. The molecular formula is C14H17FN2O. The summed E-state index contributed by atoms with van der Waals surface area (Å²) in [7, 11) is 3.35. The highest BCUT2D eigenvalue weighted by Gasteiger charge is 2.16. The molecule has 1 heterocycles. The number of H-pyrrole nitrogens is 1. The van der Waals surface area contributed by atoms with E-state index < -0.39 is 0 Å². The molecule has 0 fully saturated rings. The van der Waals surface area contributed by atoms with E-state index in [0.29, 0.717) is 11.2 Å². The fraction of sp³-hybridized carbons (Fsp3) is 0.357. The van der Waals surface area contributed by atoms with E-state index in [2.05, 4.69) is 4.98 Å². The first-order chi connectivity index (χ1) is 8.41. The molecule has 0 bridgehead atoms. The molecule has 4 heteroatoms. The van der Waals surface area contributed by atoms with Gasteiger partial charge in [-0.15, -0.1) is 0 Å². The van der Waals surface area contributed by atoms with Gasteiger partial charge in [0.05, 0.1) is 5.52 Å². The van der Waals surface area contributed by atoms with E-state index in [9.17, 15) is 9.18 Å². The molecule has 0 atom stereocenters. The summed E-state index contributed by atoms with van der Waals surface area (Å²) in [6.07, 6.45) is 0. The van der Waals surface area contributed by atoms with Crippen molar-refractivity contribution < 1.29 is 9.18 Å². The minimum absolute atomic E-state index is 0.152. The number of carbonyl (C=O) groups is 1. The van der Waals surface area contributed by atoms with Gasteiger partial charge in [0.2, 0.25) is 0 Å². The summed E-state index contributed by atoms with van der Waals surface area (Å²) >= 11 is 0. The van der Waals surface area contributed by atoms with Crippen LogP contribution in [0.15, 0.2) is 18.2 Å². The smallest absolute Gasteiger partial charge is 0.269 e. The molecule has 3 nitrogen and oxygen atoms in total. The van der Waals surface area contributed by atoms with Gasteiger partial charge in [0.15, 0.2) is 0 Å². The lowest BCUT2D eigenvalue weighted by atomic mass is 9.99. The van der Waals surface area contributed by atoms with Gasteiger partial charge in [-0.2, -0.15) is 0 Å². The van der Waals surface area contributed by atoms with Gasteiger partial charge in [-0.1, -0.05) is 19.9 Å². The third-order valence-electron chi connectivity index (χ3n) is 3.04. The standard InChI is InChI=1S/C14H17FN2O/c1-8(2)9-5-6-11(15)13-10(9)7-12(16-13)14(18)17(3)4/h5-8,16H,1-4H3. The van der Waals surface area contributed by atoms with Gasteiger partial charge in [-0.25, -0.2) is 4.39 Å². The average molecular weight is 248 g/mol. The Balaban J connectivity index is 2.66. The Morgan fingerprint density at radius 2 is 2.00 bits per heavy atom. The third-order valence-corrected chi connectivity index (χ3v) is 3.04. The Labute approximate surface area is 106 Å². The zero-order valence-electron chi connectivity index (χ0n) is 11.0. The second-order valence-corrected chi connectivity index (χ2v) is 4.96. The second kappa shape index (κ2) is 4.44. The van der Waals surface area contributed by atoms with Crippen molar-refractivity contribution in [3.8, 4) is 0 Å². The van der Waals surface area contributed by atoms with E-state index in [0.717, 1.165) is 10.9 Å². The summed E-state index contributed by atoms with van der Waals surface area (Å²) in [6, 6.07) is 4.95. The lowest BCUT2D eigenvalue weighted by Crippen LogP contribution is -2.21. The molecule has 96 valence electrons. The fourth-order valence-corrected chi connectivity index (χ4v) is 2.07. The molecular weight excluding hydrogens is 231 g/mol. The molecule has 0 aliphatic heterocycles. The highest BCUT2D eigenvalue weighted by Crippen LogP contribution is 2.28. The summed E-state index contributed by atoms with van der Waals surface area (Å²) in [6.45, 7) is 4.10. The minimum atomic E-state index is -0.327. The first kappa shape index (κ1) is 12.6. The molecule has 0 spiro atoms. The molecule has 0 unspecified atom stereocenters. The van der Waals surface area contributed by atoms with Crippen LogP contribution in [0.3, 0.4) is 0 Å². The largest absolute Gasteiger partial charge is 0.348 e. The van der Waals surface area contributed by atoms with Crippen LogP contribution in [0, 0.1) is 5.82 Å². The fourth-order valence-electron chi connectivity index (χ4n) is 2.07. The molecule has 2 aromatic rings. The molecule has 0 radical (unpaired) electrons. The van der Waals surface area contributed by atoms with Crippen molar-refractivity contribution in [2.24, 2.45) is 0 Å². The number of nitrogens with one attached hydrogen (secondary N) is 1. The van der Waals surface area contributed by atoms with E-state index in [1.54, 1.807) is 26.2 Å². The van der Waals surface area contributed by atoms with Crippen molar-refractivity contribution in [2.45, 2.75) is 19.8 Å². The number of benzene rings is 1. The first-order valence-electron chi connectivity index (χ1n) is 5.94. The van der Waals surface area contributed by atoms with Crippen molar-refractivity contribution >= 4 is 16.8 Å². The predicted molar refractivity (Wildman–Crippen MR) is 70.4 cm³/mol. The monoisotopic (exact) mass is 248 g/mol. The Hall–Kier alpha value is -1.84. The van der Waals surface area contributed by atoms with Crippen LogP contribution in [0.2, 0.25) is 0 Å². The zero-order chi connectivity index (χ0) is 13.4. The van der Waals surface area contributed by atoms with Gasteiger partial charge < -0.3 is 9.88 Å². The Bertz CT molecular complexity index is 599. The SMILES string of the molecule is CC(C)c1ccc(F)c2[nH]c(C(=O)N(C)C)cc12. The lowest BCUT2D eigenvalue weighted by molar-refractivity contribution is 0.0823. The molecule has 2 rings (SSSR count). The number of carbonyl (C=O) groups excluding carboxylic acids is 1. The quantitative estimate of drug-likeness (QED) is 0.870. The summed E-state index contributed by atoms with van der Waals surface area (Å²) < 4.78 is 13.8. The van der Waals surface area contributed by atoms with E-state index in [1.165, 1.54) is 11.0 Å². The Morgan fingerprint density at radius 1 is 1.33 bits per heavy atom. The maximum atomic E-state index is 13.8. The summed E-state index contributed by atoms with van der Waals surface area (Å²) in [5.41, 5.74) is 1.87. The molecule has 1 aromatic carbocycles. The number of amides is 1. The Kier molecular flexibility index (Phi) is 3.11. The number of hydrogen-bond donors (Lipinski definition) is 1. The van der Waals surface area contributed by atoms with Crippen molar-refractivity contribution in [1.29, 1.82) is 0 Å². The molecule has 1 N–H and O–H groups in total. The van der Waals surface area contributed by atoms with Gasteiger partial charge in [-0.3, -0.25) is 4.79 Å². The zero-order valence-corrected chi connectivity index (χ0v) is 11.0. The maximum Gasteiger partial charge on any atom is 0.269 e. The summed E-state index contributed by atoms with van der Waals surface area (Å²) in [5.74, 6) is -0.196. The third kappa shape index (κ3) is 1.98. The Morgan fingerprint density at radius 3 is 2.56 bits per heavy atom. The number of hydrogen-bond acceptors (Lipinski definition) is 1. The predicted octanol–water partition coefficient (Wildman–Crippen LogP) is 3.13. The number of rotatable bonds is 2. The van der Waals surface area contributed by atoms with Crippen molar-refractivity contribution in [1.82, 2.24) is 9.88 Å². The maximum absolute atomic E-state index is 13.8. The van der Waals surface area contributed by atoms with E-state index in [4.69, 9.17) is 0 Å². The summed E-state index contributed by atoms with van der Waals surface area (Å²) in [4.78, 5) is 16.2. The van der Waals surface area contributed by atoms with Gasteiger partial charge in [0, 0.05) is 19.5 Å². The average Bonchev–Trinajstić information content (AvgIpc) is 2.73. The van der Waals surface area contributed by atoms with Gasteiger partial charge in [0.1, 0.15) is 11.5 Å². The highest BCUT2D eigenvalue weighted by atomic mass is 19.1. The van der Waals surface area contributed by atoms with E-state index in [-0.39, 0.29) is 17.6 Å². The molecule has 0 aliphatic carbocycles. The second-order valence-electron chi connectivity index (χ2n) is 4.96. The number of fused-ring (bicyclic) bond motifs is 1. The molecule has 0 aliphatic rings. The van der Waals surface area contributed by atoms with Crippen LogP contribution in [0.4, 0.5) is 4.39 Å². The molecule has 0 saturated heterocycles. The summed E-state index contributed by atoms with van der Waals surface area (Å²) in [5, 5.41) is 0.787. The molecule has 0 saturated carbocycles. The number of aromatic amines is 1. The van der Waals surface area contributed by atoms with Crippen LogP contribution in [0.25, 0.3) is 10.9 Å². The number of nitrogens with zero attached hydrogens (tertiary/aromatic N) is 1. The van der Waals surface area contributed by atoms with Crippen LogP contribution in [0.5, 0.6) is 0 Å². The van der Waals surface area contributed by atoms with Gasteiger partial charge in [-0.05, 0) is 23.6 Å². The van der Waals surface area contributed by atoms with E-state index in [1.807, 2.05) is 13.8 Å². The van der Waals surface area contributed by atoms with Crippen LogP contribution >= 0.6 is 0 Å². The van der Waals surface area contributed by atoms with Gasteiger partial charge in [0.25, 0.3) is 5.91 Å². The minimum Gasteiger partial charge on any atom is -0.348 e. The van der Waals surface area contributed by atoms with Crippen molar-refractivity contribution in [2.75, 3.05) is 14.1 Å². The number of aromatic nitrogens is 1. The van der Waals surface area contributed by atoms with E-state index >= 15 is 0 Å².